The largest absolute Gasteiger partial charge is 0.447 e. The lowest BCUT2D eigenvalue weighted by molar-refractivity contribution is -0.162. The number of hydrogen-bond donors (Lipinski definition) is 0. The molecular formula is C22H25NO4. The van der Waals surface area contributed by atoms with Crippen molar-refractivity contribution < 1.29 is 19.1 Å². The van der Waals surface area contributed by atoms with Gasteiger partial charge >= 0.3 is 5.97 Å². The van der Waals surface area contributed by atoms with Gasteiger partial charge in [-0.15, -0.1) is 0 Å². The van der Waals surface area contributed by atoms with Crippen LogP contribution in [0, 0.1) is 13.8 Å². The second-order valence-corrected chi connectivity index (χ2v) is 6.81. The van der Waals surface area contributed by atoms with E-state index >= 15 is 0 Å². The lowest BCUT2D eigenvalue weighted by Gasteiger charge is -2.30. The highest BCUT2D eigenvalue weighted by Gasteiger charge is 2.30. The Kier molecular flexibility index (Phi) is 6.24. The number of esters is 1. The topological polar surface area (TPSA) is 55.8 Å². The molecule has 1 atom stereocenters. The van der Waals surface area contributed by atoms with E-state index in [1.807, 2.05) is 62.4 Å². The van der Waals surface area contributed by atoms with Gasteiger partial charge in [0.25, 0.3) is 5.91 Å². The third-order valence-electron chi connectivity index (χ3n) is 4.82. The van der Waals surface area contributed by atoms with Gasteiger partial charge in [-0.1, -0.05) is 48.5 Å². The molecule has 0 unspecified atom stereocenters. The number of carbonyl (C=O) groups excluding carboxylic acids is 2. The Morgan fingerprint density at radius 1 is 1.04 bits per heavy atom. The molecule has 0 bridgehead atoms. The third-order valence-corrected chi connectivity index (χ3v) is 4.82. The number of ether oxygens (including phenoxy) is 2. The Balaban J connectivity index is 1.75. The van der Waals surface area contributed by atoms with Crippen molar-refractivity contribution in [2.45, 2.75) is 26.4 Å². The lowest BCUT2D eigenvalue weighted by atomic mass is 10.0. The van der Waals surface area contributed by atoms with Crippen molar-refractivity contribution in [3.05, 3.63) is 70.8 Å². The molecule has 5 nitrogen and oxygen atoms in total. The second kappa shape index (κ2) is 8.82. The summed E-state index contributed by atoms with van der Waals surface area (Å²) in [5.74, 6) is -0.605. The van der Waals surface area contributed by atoms with E-state index in [1.54, 1.807) is 4.90 Å². The first-order valence-electron chi connectivity index (χ1n) is 9.21. The molecule has 1 saturated heterocycles. The molecule has 5 heteroatoms. The molecule has 0 spiro atoms. The predicted octanol–water partition coefficient (Wildman–Crippen LogP) is 2.99. The first-order chi connectivity index (χ1) is 13.0. The summed E-state index contributed by atoms with van der Waals surface area (Å²) in [6, 6.07) is 15.1. The van der Waals surface area contributed by atoms with Gasteiger partial charge in [0, 0.05) is 18.7 Å². The minimum Gasteiger partial charge on any atom is -0.447 e. The predicted molar refractivity (Wildman–Crippen MR) is 102 cm³/mol. The van der Waals surface area contributed by atoms with Crippen molar-refractivity contribution in [3.63, 3.8) is 0 Å². The Bertz CT molecular complexity index is 797. The fourth-order valence-electron chi connectivity index (χ4n) is 3.09. The van der Waals surface area contributed by atoms with E-state index in [0.717, 1.165) is 11.1 Å². The quantitative estimate of drug-likeness (QED) is 0.763. The number of morpholine rings is 1. The summed E-state index contributed by atoms with van der Waals surface area (Å²) >= 11 is 0. The fraction of sp³-hybridized carbons (Fsp3) is 0.364. The minimum absolute atomic E-state index is 0.140. The first kappa shape index (κ1) is 19.1. The smallest absolute Gasteiger partial charge is 0.311 e. The van der Waals surface area contributed by atoms with E-state index in [1.165, 1.54) is 5.56 Å². The van der Waals surface area contributed by atoms with Gasteiger partial charge in [-0.05, 0) is 30.5 Å². The Hall–Kier alpha value is -2.66. The molecule has 0 N–H and O–H groups in total. The maximum atomic E-state index is 13.0. The van der Waals surface area contributed by atoms with Gasteiger partial charge in [0.05, 0.1) is 19.6 Å². The number of aryl methyl sites for hydroxylation is 2. The molecule has 1 amide bonds. The minimum atomic E-state index is -0.927. The Morgan fingerprint density at radius 3 is 2.41 bits per heavy atom. The number of amides is 1. The molecule has 0 aromatic heterocycles. The number of nitrogens with zero attached hydrogens (tertiary/aromatic N) is 1. The summed E-state index contributed by atoms with van der Waals surface area (Å²) in [5, 5.41) is 0. The molecule has 2 aromatic rings. The van der Waals surface area contributed by atoms with E-state index in [9.17, 15) is 9.59 Å². The van der Waals surface area contributed by atoms with Crippen molar-refractivity contribution in [1.29, 1.82) is 0 Å². The van der Waals surface area contributed by atoms with Crippen LogP contribution in [0.15, 0.2) is 48.5 Å². The number of rotatable bonds is 5. The van der Waals surface area contributed by atoms with Crippen LogP contribution in [-0.4, -0.2) is 43.1 Å². The van der Waals surface area contributed by atoms with Gasteiger partial charge in [0.15, 0.2) is 0 Å². The molecule has 0 saturated carbocycles. The number of carbonyl (C=O) groups is 2. The van der Waals surface area contributed by atoms with E-state index in [0.29, 0.717) is 31.9 Å². The molecule has 0 aliphatic carbocycles. The fourth-order valence-corrected chi connectivity index (χ4v) is 3.09. The monoisotopic (exact) mass is 367 g/mol. The van der Waals surface area contributed by atoms with E-state index < -0.39 is 12.1 Å². The molecule has 0 radical (unpaired) electrons. The van der Waals surface area contributed by atoms with E-state index in [2.05, 4.69) is 0 Å². The summed E-state index contributed by atoms with van der Waals surface area (Å²) in [6.45, 7) is 6.07. The van der Waals surface area contributed by atoms with Crippen LogP contribution in [0.3, 0.4) is 0 Å². The van der Waals surface area contributed by atoms with Gasteiger partial charge in [0.2, 0.25) is 6.10 Å². The van der Waals surface area contributed by atoms with Crippen LogP contribution < -0.4 is 0 Å². The normalized spacial score (nSPS) is 15.3. The molecule has 1 fully saturated rings. The van der Waals surface area contributed by atoms with Crippen LogP contribution in [0.5, 0.6) is 0 Å². The van der Waals surface area contributed by atoms with Gasteiger partial charge < -0.3 is 14.4 Å². The van der Waals surface area contributed by atoms with Gasteiger partial charge in [-0.3, -0.25) is 9.59 Å². The lowest BCUT2D eigenvalue weighted by Crippen LogP contribution is -2.44. The maximum Gasteiger partial charge on any atom is 0.311 e. The van der Waals surface area contributed by atoms with Gasteiger partial charge in [0.1, 0.15) is 0 Å². The molecule has 1 aliphatic heterocycles. The van der Waals surface area contributed by atoms with Crippen LogP contribution in [0.2, 0.25) is 0 Å². The second-order valence-electron chi connectivity index (χ2n) is 6.81. The molecule has 142 valence electrons. The Morgan fingerprint density at radius 2 is 1.74 bits per heavy atom. The van der Waals surface area contributed by atoms with Crippen molar-refractivity contribution in [1.82, 2.24) is 4.90 Å². The standard InChI is InChI=1S/C22H25NO4/c1-16-8-9-18(14-17(16)2)15-20(24)27-21(19-6-4-3-5-7-19)22(25)23-10-12-26-13-11-23/h3-9,14,21H,10-13,15H2,1-2H3/t21-/m0/s1. The summed E-state index contributed by atoms with van der Waals surface area (Å²) < 4.78 is 11.0. The zero-order valence-electron chi connectivity index (χ0n) is 15.8. The molecule has 1 heterocycles. The molecular weight excluding hydrogens is 342 g/mol. The van der Waals surface area contributed by atoms with Gasteiger partial charge in [-0.25, -0.2) is 0 Å². The van der Waals surface area contributed by atoms with Crippen molar-refractivity contribution in [2.75, 3.05) is 26.3 Å². The highest BCUT2D eigenvalue weighted by atomic mass is 16.5. The van der Waals surface area contributed by atoms with Crippen molar-refractivity contribution in [3.8, 4) is 0 Å². The maximum absolute atomic E-state index is 13.0. The first-order valence-corrected chi connectivity index (χ1v) is 9.21. The van der Waals surface area contributed by atoms with E-state index in [4.69, 9.17) is 9.47 Å². The van der Waals surface area contributed by atoms with Crippen LogP contribution in [0.4, 0.5) is 0 Å². The zero-order valence-corrected chi connectivity index (χ0v) is 15.8. The summed E-state index contributed by atoms with van der Waals surface area (Å²) in [7, 11) is 0. The summed E-state index contributed by atoms with van der Waals surface area (Å²) in [4.78, 5) is 27.2. The van der Waals surface area contributed by atoms with Gasteiger partial charge in [-0.2, -0.15) is 0 Å². The third kappa shape index (κ3) is 4.95. The van der Waals surface area contributed by atoms with Crippen molar-refractivity contribution in [2.24, 2.45) is 0 Å². The highest BCUT2D eigenvalue weighted by Crippen LogP contribution is 2.22. The SMILES string of the molecule is Cc1ccc(CC(=O)O[C@H](C(=O)N2CCOCC2)c2ccccc2)cc1C. The number of hydrogen-bond acceptors (Lipinski definition) is 4. The molecule has 2 aromatic carbocycles. The molecule has 1 aliphatic rings. The van der Waals surface area contributed by atoms with Crippen molar-refractivity contribution >= 4 is 11.9 Å². The average Bonchev–Trinajstić information content (AvgIpc) is 2.70. The Labute approximate surface area is 159 Å². The molecule has 3 rings (SSSR count). The number of benzene rings is 2. The van der Waals surface area contributed by atoms with Crippen LogP contribution in [-0.2, 0) is 25.5 Å². The van der Waals surface area contributed by atoms with Crippen LogP contribution >= 0.6 is 0 Å². The molecule has 27 heavy (non-hydrogen) atoms. The van der Waals surface area contributed by atoms with E-state index in [-0.39, 0.29) is 12.3 Å². The van der Waals surface area contributed by atoms with Crippen LogP contribution in [0.1, 0.15) is 28.4 Å². The zero-order chi connectivity index (χ0) is 19.2. The van der Waals surface area contributed by atoms with Crippen LogP contribution in [0.25, 0.3) is 0 Å². The summed E-state index contributed by atoms with van der Waals surface area (Å²) in [6.07, 6.45) is -0.788. The average molecular weight is 367 g/mol. The summed E-state index contributed by atoms with van der Waals surface area (Å²) in [5.41, 5.74) is 3.87. The highest BCUT2D eigenvalue weighted by molar-refractivity contribution is 5.85.